The lowest BCUT2D eigenvalue weighted by molar-refractivity contribution is -0.115. The Kier molecular flexibility index (Phi) is 4.62. The summed E-state index contributed by atoms with van der Waals surface area (Å²) in [5.74, 6) is 0.388. The Bertz CT molecular complexity index is 714. The SMILES string of the molecule is O=C(CCCl)Nc1n[nH]c2c1CCN(Cc1ccccc1)C2=O. The van der Waals surface area contributed by atoms with Gasteiger partial charge in [0.15, 0.2) is 5.82 Å². The number of nitrogens with one attached hydrogen (secondary N) is 2. The Morgan fingerprint density at radius 3 is 2.87 bits per heavy atom. The molecule has 1 aliphatic heterocycles. The lowest BCUT2D eigenvalue weighted by Crippen LogP contribution is -2.37. The molecule has 120 valence electrons. The zero-order chi connectivity index (χ0) is 16.2. The van der Waals surface area contributed by atoms with Crippen molar-refractivity contribution >= 4 is 29.2 Å². The number of rotatable bonds is 5. The van der Waals surface area contributed by atoms with E-state index in [0.29, 0.717) is 31.0 Å². The van der Waals surface area contributed by atoms with Crippen LogP contribution in [0, 0.1) is 0 Å². The van der Waals surface area contributed by atoms with Gasteiger partial charge in [-0.2, -0.15) is 5.10 Å². The molecule has 2 heterocycles. The third-order valence-corrected chi connectivity index (χ3v) is 3.98. The van der Waals surface area contributed by atoms with E-state index in [4.69, 9.17) is 11.6 Å². The average molecular weight is 333 g/mol. The van der Waals surface area contributed by atoms with Crippen molar-refractivity contribution in [2.45, 2.75) is 19.4 Å². The molecule has 3 rings (SSSR count). The number of carbonyl (C=O) groups is 2. The number of H-pyrrole nitrogens is 1. The number of halogens is 1. The van der Waals surface area contributed by atoms with Crippen molar-refractivity contribution in [3.05, 3.63) is 47.2 Å². The number of hydrogen-bond donors (Lipinski definition) is 2. The molecule has 23 heavy (non-hydrogen) atoms. The van der Waals surface area contributed by atoms with Gasteiger partial charge < -0.3 is 10.2 Å². The molecule has 0 saturated carbocycles. The Balaban J connectivity index is 1.74. The third kappa shape index (κ3) is 3.37. The van der Waals surface area contributed by atoms with Gasteiger partial charge in [0, 0.05) is 31.0 Å². The van der Waals surface area contributed by atoms with Gasteiger partial charge in [-0.1, -0.05) is 30.3 Å². The predicted octanol–water partition coefficient (Wildman–Crippen LogP) is 2.18. The fraction of sp³-hybridized carbons (Fsp3) is 0.312. The molecule has 0 fully saturated rings. The van der Waals surface area contributed by atoms with Crippen LogP contribution in [0.2, 0.25) is 0 Å². The highest BCUT2D eigenvalue weighted by atomic mass is 35.5. The third-order valence-electron chi connectivity index (χ3n) is 3.80. The summed E-state index contributed by atoms with van der Waals surface area (Å²) in [5, 5.41) is 9.51. The van der Waals surface area contributed by atoms with Crippen LogP contribution in [0.4, 0.5) is 5.82 Å². The molecular weight excluding hydrogens is 316 g/mol. The molecule has 2 amide bonds. The molecule has 2 aromatic rings. The standard InChI is InChI=1S/C16H17ClN4O2/c17-8-6-13(22)18-15-12-7-9-21(16(23)14(12)19-20-15)10-11-4-2-1-3-5-11/h1-5H,6-10H2,(H2,18,19,20,22). The summed E-state index contributed by atoms with van der Waals surface area (Å²) in [5.41, 5.74) is 2.30. The summed E-state index contributed by atoms with van der Waals surface area (Å²) in [4.78, 5) is 26.0. The van der Waals surface area contributed by atoms with Crippen molar-refractivity contribution in [2.75, 3.05) is 17.7 Å². The smallest absolute Gasteiger partial charge is 0.272 e. The summed E-state index contributed by atoms with van der Waals surface area (Å²) < 4.78 is 0. The summed E-state index contributed by atoms with van der Waals surface area (Å²) in [6.45, 7) is 1.16. The minimum Gasteiger partial charge on any atom is -0.333 e. The molecule has 6 nitrogen and oxygen atoms in total. The fourth-order valence-electron chi connectivity index (χ4n) is 2.63. The first-order chi connectivity index (χ1) is 11.2. The molecule has 0 radical (unpaired) electrons. The average Bonchev–Trinajstić information content (AvgIpc) is 2.95. The van der Waals surface area contributed by atoms with E-state index >= 15 is 0 Å². The van der Waals surface area contributed by atoms with Crippen LogP contribution < -0.4 is 5.32 Å². The number of benzene rings is 1. The zero-order valence-electron chi connectivity index (χ0n) is 12.5. The highest BCUT2D eigenvalue weighted by Crippen LogP contribution is 2.24. The zero-order valence-corrected chi connectivity index (χ0v) is 13.3. The number of hydrogen-bond acceptors (Lipinski definition) is 3. The molecule has 0 spiro atoms. The van der Waals surface area contributed by atoms with Crippen molar-refractivity contribution < 1.29 is 9.59 Å². The van der Waals surface area contributed by atoms with Gasteiger partial charge >= 0.3 is 0 Å². The Morgan fingerprint density at radius 1 is 1.35 bits per heavy atom. The summed E-state index contributed by atoms with van der Waals surface area (Å²) in [7, 11) is 0. The second-order valence-electron chi connectivity index (χ2n) is 5.38. The fourth-order valence-corrected chi connectivity index (χ4v) is 2.80. The quantitative estimate of drug-likeness (QED) is 0.824. The van der Waals surface area contributed by atoms with Gasteiger partial charge in [-0.15, -0.1) is 11.6 Å². The van der Waals surface area contributed by atoms with Crippen molar-refractivity contribution in [1.29, 1.82) is 0 Å². The molecule has 1 aromatic heterocycles. The monoisotopic (exact) mass is 332 g/mol. The maximum atomic E-state index is 12.6. The van der Waals surface area contributed by atoms with Crippen molar-refractivity contribution in [1.82, 2.24) is 15.1 Å². The van der Waals surface area contributed by atoms with Crippen molar-refractivity contribution in [2.24, 2.45) is 0 Å². The number of nitrogens with zero attached hydrogens (tertiary/aromatic N) is 2. The summed E-state index contributed by atoms with van der Waals surface area (Å²) >= 11 is 5.55. The Morgan fingerprint density at radius 2 is 2.13 bits per heavy atom. The maximum Gasteiger partial charge on any atom is 0.272 e. The van der Waals surface area contributed by atoms with Gasteiger partial charge in [-0.05, 0) is 12.0 Å². The van der Waals surface area contributed by atoms with Crippen LogP contribution in [0.3, 0.4) is 0 Å². The van der Waals surface area contributed by atoms with E-state index in [2.05, 4.69) is 15.5 Å². The lowest BCUT2D eigenvalue weighted by atomic mass is 10.0. The minimum atomic E-state index is -0.200. The minimum absolute atomic E-state index is 0.0968. The van der Waals surface area contributed by atoms with Gasteiger partial charge in [0.2, 0.25) is 5.91 Å². The number of aromatic amines is 1. The van der Waals surface area contributed by atoms with Crippen LogP contribution in [0.5, 0.6) is 0 Å². The van der Waals surface area contributed by atoms with Crippen LogP contribution in [0.25, 0.3) is 0 Å². The molecule has 0 saturated heterocycles. The van der Waals surface area contributed by atoms with E-state index in [9.17, 15) is 9.59 Å². The van der Waals surface area contributed by atoms with E-state index in [1.165, 1.54) is 0 Å². The highest BCUT2D eigenvalue weighted by Gasteiger charge is 2.29. The highest BCUT2D eigenvalue weighted by molar-refractivity contribution is 6.19. The summed E-state index contributed by atoms with van der Waals surface area (Å²) in [6, 6.07) is 9.84. The van der Waals surface area contributed by atoms with E-state index < -0.39 is 0 Å². The lowest BCUT2D eigenvalue weighted by Gasteiger charge is -2.26. The maximum absolute atomic E-state index is 12.6. The van der Waals surface area contributed by atoms with Crippen LogP contribution in [0.15, 0.2) is 30.3 Å². The first-order valence-corrected chi connectivity index (χ1v) is 7.98. The largest absolute Gasteiger partial charge is 0.333 e. The van der Waals surface area contributed by atoms with E-state index in [0.717, 1.165) is 11.1 Å². The topological polar surface area (TPSA) is 78.1 Å². The van der Waals surface area contributed by atoms with Gasteiger partial charge in [-0.25, -0.2) is 0 Å². The Labute approximate surface area is 138 Å². The van der Waals surface area contributed by atoms with Crippen LogP contribution in [-0.2, 0) is 17.8 Å². The van der Waals surface area contributed by atoms with Crippen LogP contribution in [0.1, 0.15) is 28.0 Å². The van der Waals surface area contributed by atoms with Gasteiger partial charge in [0.25, 0.3) is 5.91 Å². The second-order valence-corrected chi connectivity index (χ2v) is 5.75. The molecule has 0 aliphatic carbocycles. The number of anilines is 1. The van der Waals surface area contributed by atoms with Crippen molar-refractivity contribution in [3.8, 4) is 0 Å². The second kappa shape index (κ2) is 6.83. The van der Waals surface area contributed by atoms with Crippen molar-refractivity contribution in [3.63, 3.8) is 0 Å². The van der Waals surface area contributed by atoms with E-state index in [1.54, 1.807) is 4.90 Å². The van der Waals surface area contributed by atoms with Crippen LogP contribution >= 0.6 is 11.6 Å². The molecule has 0 atom stereocenters. The van der Waals surface area contributed by atoms with E-state index in [-0.39, 0.29) is 24.1 Å². The first kappa shape index (κ1) is 15.6. The van der Waals surface area contributed by atoms with Gasteiger partial charge in [-0.3, -0.25) is 14.7 Å². The number of fused-ring (bicyclic) bond motifs is 1. The first-order valence-electron chi connectivity index (χ1n) is 7.45. The molecule has 1 aliphatic rings. The Hall–Kier alpha value is -2.34. The van der Waals surface area contributed by atoms with E-state index in [1.807, 2.05) is 30.3 Å². The summed E-state index contributed by atoms with van der Waals surface area (Å²) in [6.07, 6.45) is 0.873. The number of alkyl halides is 1. The van der Waals surface area contributed by atoms with Gasteiger partial charge in [0.05, 0.1) is 0 Å². The number of amides is 2. The molecule has 2 N–H and O–H groups in total. The molecule has 0 unspecified atom stereocenters. The molecular formula is C16H17ClN4O2. The molecule has 0 bridgehead atoms. The van der Waals surface area contributed by atoms with Gasteiger partial charge in [0.1, 0.15) is 5.69 Å². The normalized spacial score (nSPS) is 13.8. The molecule has 1 aromatic carbocycles. The predicted molar refractivity (Wildman–Crippen MR) is 87.4 cm³/mol. The molecule has 7 heteroatoms. The number of aromatic nitrogens is 2. The number of carbonyl (C=O) groups excluding carboxylic acids is 2. The van der Waals surface area contributed by atoms with Crippen LogP contribution in [-0.4, -0.2) is 39.3 Å².